The number of nitrogens with one attached hydrogen (secondary N) is 5. The zero-order chi connectivity index (χ0) is 83.1. The van der Waals surface area contributed by atoms with Gasteiger partial charge in [-0.25, -0.2) is 18.2 Å². The summed E-state index contributed by atoms with van der Waals surface area (Å²) in [6, 6.07) is 40.0. The van der Waals surface area contributed by atoms with Crippen LogP contribution in [-0.4, -0.2) is 162 Å². The highest BCUT2D eigenvalue weighted by atomic mass is 32.2. The van der Waals surface area contributed by atoms with Crippen LogP contribution in [0.4, 0.5) is 28.4 Å². The number of azo groups is 1. The van der Waals surface area contributed by atoms with E-state index < -0.39 is 56.8 Å². The van der Waals surface area contributed by atoms with E-state index >= 15 is 0 Å². The number of piperazine rings is 1. The minimum atomic E-state index is -4.63. The molecule has 3 heterocycles. The van der Waals surface area contributed by atoms with E-state index in [9.17, 15) is 46.8 Å². The number of benzene rings is 6. The number of aromatic nitrogens is 5. The number of carboxylic acid groups (broad SMARTS) is 1. The fraction of sp³-hybridized carbons (Fsp3) is 0.444. The van der Waals surface area contributed by atoms with Crippen molar-refractivity contribution in [3.8, 4) is 5.69 Å². The van der Waals surface area contributed by atoms with E-state index in [0.29, 0.717) is 119 Å². The average Bonchev–Trinajstić information content (AvgIpc) is 1.64. The van der Waals surface area contributed by atoms with Gasteiger partial charge >= 0.3 is 5.97 Å². The Morgan fingerprint density at radius 3 is 2.09 bits per heavy atom. The minimum absolute atomic E-state index is 0.0703. The van der Waals surface area contributed by atoms with Crippen LogP contribution in [-0.2, 0) is 52.6 Å². The van der Waals surface area contributed by atoms with E-state index in [1.807, 2.05) is 125 Å². The van der Waals surface area contributed by atoms with Crippen LogP contribution in [0.25, 0.3) is 33.3 Å². The van der Waals surface area contributed by atoms with Crippen LogP contribution in [0.5, 0.6) is 0 Å². The van der Waals surface area contributed by atoms with Gasteiger partial charge in [-0.05, 0) is 212 Å². The molecule has 2 atom stereocenters. The number of nitrogens with zero attached hydrogens (tertiary/aromatic N) is 11. The molecule has 2 aliphatic carbocycles. The smallest absolute Gasteiger partial charge is 0.326 e. The number of carbonyl (C=O) groups excluding carboxylic acids is 5. The second-order valence-corrected chi connectivity index (χ2v) is 32.6. The van der Waals surface area contributed by atoms with Crippen molar-refractivity contribution < 1.29 is 51.4 Å². The first-order chi connectivity index (χ1) is 56.5. The van der Waals surface area contributed by atoms with E-state index in [0.717, 1.165) is 132 Å². The number of rotatable bonds is 41. The van der Waals surface area contributed by atoms with Crippen LogP contribution in [0, 0.1) is 0 Å². The van der Waals surface area contributed by atoms with Crippen molar-refractivity contribution in [2.75, 3.05) is 80.7 Å². The van der Waals surface area contributed by atoms with Crippen LogP contribution >= 0.6 is 0 Å². The number of anilines is 3. The van der Waals surface area contributed by atoms with Crippen LogP contribution < -0.4 is 45.9 Å². The Kier molecular flexibility index (Phi) is 30.6. The number of hydrogen-bond acceptors (Lipinski definition) is 18. The van der Waals surface area contributed by atoms with Gasteiger partial charge in [0.1, 0.15) is 44.5 Å². The highest BCUT2D eigenvalue weighted by molar-refractivity contribution is 7.85. The third-order valence-corrected chi connectivity index (χ3v) is 23.7. The summed E-state index contributed by atoms with van der Waals surface area (Å²) in [5.41, 5.74) is 12.0. The fourth-order valence-corrected chi connectivity index (χ4v) is 16.6. The van der Waals surface area contributed by atoms with Gasteiger partial charge in [-0.15, -0.1) is 9.67 Å². The molecule has 0 bridgehead atoms. The molecule has 3 aliphatic rings. The summed E-state index contributed by atoms with van der Waals surface area (Å²) >= 11 is 0. The molecule has 1 unspecified atom stereocenters. The van der Waals surface area contributed by atoms with Gasteiger partial charge in [0.05, 0.1) is 29.0 Å². The number of para-hydroxylation sites is 1. The lowest BCUT2D eigenvalue weighted by atomic mass is 9.80. The first-order valence-electron chi connectivity index (χ1n) is 41.6. The molecule has 1 aliphatic heterocycles. The maximum atomic E-state index is 14.8. The lowest BCUT2D eigenvalue weighted by molar-refractivity contribution is -0.538. The molecule has 6 N–H and O–H groups in total. The largest absolute Gasteiger partial charge is 0.744 e. The number of carboxylic acids is 1. The van der Waals surface area contributed by atoms with Crippen molar-refractivity contribution in [2.24, 2.45) is 10.2 Å². The molecule has 6 aromatic carbocycles. The molecule has 11 rings (SSSR count). The first kappa shape index (κ1) is 86.8. The van der Waals surface area contributed by atoms with Gasteiger partial charge in [0.2, 0.25) is 40.3 Å². The third kappa shape index (κ3) is 23.0. The van der Waals surface area contributed by atoms with Crippen LogP contribution in [0.1, 0.15) is 184 Å². The number of likely N-dealkylation sites (N-methyl/N-ethyl adjacent to an activating group) is 1. The van der Waals surface area contributed by atoms with Gasteiger partial charge < -0.3 is 55.8 Å². The molecule has 5 amide bonds. The van der Waals surface area contributed by atoms with Crippen molar-refractivity contribution in [1.82, 2.24) is 51.5 Å². The van der Waals surface area contributed by atoms with Crippen molar-refractivity contribution in [2.45, 2.75) is 198 Å². The Labute approximate surface area is 687 Å². The second kappa shape index (κ2) is 41.2. The molecule has 0 spiro atoms. The Hall–Kier alpha value is -11.0. The standard InChI is InChI=1S/C90H114N16O10S/c1-8-12-16-31-75-73(74-47-46-72(117(114,115)116)61-76(74)89(75,5)6)30-19-14-20-34-84(108)92-62-67-63-105(100-99-67)54-26-22-33-80(87(111)112)94-86(110)79(95-88(113)90(50-23-15-24-51-90)96-85(109)64-36-41-69(42-37-64)104-57-55-102(9-2)56-58-104)32-21-25-52-91-83(107)35-27-53-101(7)68-43-38-65(39-44-68)97-98-66-40-48-77-81(59-66)106(70-28-17-13-18-29-70)82-60-71(103(10-3)11-4)45-49-78(82)93-77/h8,12-13,16-18,28-29,31,36-49,59-61,63,79-80H,9-11,14-15,19-27,30,32-35,50-58,62H2,1-7H3,(H6-,91,92,94,95,96,107,108,109,110,111,112,113,114,115,116)/b12-8+,31-16+/t79-,80?/m0/s1. The summed E-state index contributed by atoms with van der Waals surface area (Å²) in [5, 5.41) is 43.0. The zero-order valence-corrected chi connectivity index (χ0v) is 69.5. The number of carbonyl (C=O) groups is 6. The summed E-state index contributed by atoms with van der Waals surface area (Å²) in [7, 11) is -2.66. The normalized spacial score (nSPS) is 15.4. The minimum Gasteiger partial charge on any atom is -0.744 e. The molecule has 2 fully saturated rings. The molecule has 27 heteroatoms. The first-order valence-corrected chi connectivity index (χ1v) is 43.0. The summed E-state index contributed by atoms with van der Waals surface area (Å²) in [6.07, 6.45) is 18.4. The van der Waals surface area contributed by atoms with E-state index in [1.165, 1.54) is 12.1 Å². The number of aliphatic carboxylic acids is 1. The monoisotopic (exact) mass is 1610 g/mol. The zero-order valence-electron chi connectivity index (χ0n) is 68.7. The molecular weight excluding hydrogens is 1500 g/mol. The number of aryl methyl sites for hydroxylation is 1. The fourth-order valence-electron chi connectivity index (χ4n) is 16.1. The highest BCUT2D eigenvalue weighted by Gasteiger charge is 2.43. The van der Waals surface area contributed by atoms with Crippen molar-refractivity contribution in [1.29, 1.82) is 0 Å². The van der Waals surface area contributed by atoms with Crippen LogP contribution in [0.3, 0.4) is 0 Å². The number of hydrogen-bond donors (Lipinski definition) is 6. The van der Waals surface area contributed by atoms with Crippen LogP contribution in [0.2, 0.25) is 0 Å². The molecule has 1 saturated carbocycles. The highest BCUT2D eigenvalue weighted by Crippen LogP contribution is 2.49. The number of unbranched alkanes of at least 4 members (excludes halogenated alkanes) is 4. The maximum Gasteiger partial charge on any atom is 0.326 e. The van der Waals surface area contributed by atoms with Crippen LogP contribution in [0.15, 0.2) is 185 Å². The Bertz CT molecular complexity index is 5010. The topological polar surface area (TPSA) is 325 Å². The molecule has 117 heavy (non-hydrogen) atoms. The second-order valence-electron chi connectivity index (χ2n) is 31.2. The number of amides is 5. The maximum absolute atomic E-state index is 14.8. The van der Waals surface area contributed by atoms with E-state index in [1.54, 1.807) is 29.1 Å². The van der Waals surface area contributed by atoms with Gasteiger partial charge in [-0.3, -0.25) is 28.7 Å². The van der Waals surface area contributed by atoms with E-state index in [2.05, 4.69) is 122 Å². The summed E-state index contributed by atoms with van der Waals surface area (Å²) in [6.45, 7) is 20.3. The summed E-state index contributed by atoms with van der Waals surface area (Å²) in [4.78, 5) is 96.7. The Morgan fingerprint density at radius 2 is 1.38 bits per heavy atom. The van der Waals surface area contributed by atoms with E-state index in [4.69, 9.17) is 4.98 Å². The Balaban J connectivity index is 0.651. The lowest BCUT2D eigenvalue weighted by Crippen LogP contribution is -2.63. The summed E-state index contributed by atoms with van der Waals surface area (Å²) < 4.78 is 39.7. The van der Waals surface area contributed by atoms with E-state index in [-0.39, 0.29) is 42.5 Å². The molecule has 2 aromatic heterocycles. The van der Waals surface area contributed by atoms with Crippen molar-refractivity contribution in [3.63, 3.8) is 0 Å². The van der Waals surface area contributed by atoms with Gasteiger partial charge in [0.25, 0.3) is 5.91 Å². The summed E-state index contributed by atoms with van der Waals surface area (Å²) in [5.74, 6) is -3.11. The number of allylic oxidation sites excluding steroid dienone is 6. The molecule has 1 saturated heterocycles. The molecular formula is C90H114N16O10S. The molecule has 8 aromatic rings. The van der Waals surface area contributed by atoms with Gasteiger partial charge in [-0.2, -0.15) is 10.2 Å². The van der Waals surface area contributed by atoms with Gasteiger partial charge in [-0.1, -0.05) is 100 Å². The van der Waals surface area contributed by atoms with Crippen molar-refractivity contribution in [3.05, 3.63) is 192 Å². The predicted octanol–water partition coefficient (Wildman–Crippen LogP) is 13.6. The third-order valence-electron chi connectivity index (χ3n) is 22.9. The van der Waals surface area contributed by atoms with Crippen molar-refractivity contribution >= 4 is 102 Å². The lowest BCUT2D eigenvalue weighted by Gasteiger charge is -2.38. The van der Waals surface area contributed by atoms with Gasteiger partial charge in [0, 0.05) is 131 Å². The Morgan fingerprint density at radius 1 is 0.701 bits per heavy atom. The average molecular weight is 1610 g/mol. The molecule has 26 nitrogen and oxygen atoms in total. The molecule has 620 valence electrons. The molecule has 0 radical (unpaired) electrons. The number of fused-ring (bicyclic) bond motifs is 3. The quantitative estimate of drug-likeness (QED) is 0.00518. The SMILES string of the molecule is C/C=C/C=C/C1=C(CCCCCC(=O)NCc2cn(CCCCC(NC(=O)[C@H](CCCCNC(=O)CCCN(C)c3ccc(N=Nc4ccc5nc6ccc(N(CC)CC)cc6[n+](-c6ccccc6)c5c4)cc3)NC(=O)C3(NC(=O)c4ccc(N5CCN(CC)CC5)cc4)CCCCC3)C(=O)O)nn2)c2ccc(S(=O)(=O)[O-])cc2C1(C)C. The predicted molar refractivity (Wildman–Crippen MR) is 457 cm³/mol. The van der Waals surface area contributed by atoms with Gasteiger partial charge in [0.15, 0.2) is 0 Å².